The van der Waals surface area contributed by atoms with Gasteiger partial charge in [0.2, 0.25) is 5.91 Å². The van der Waals surface area contributed by atoms with Gasteiger partial charge in [-0.05, 0) is 56.2 Å². The predicted octanol–water partition coefficient (Wildman–Crippen LogP) is 5.00. The van der Waals surface area contributed by atoms with Crippen molar-refractivity contribution < 1.29 is 23.8 Å². The Balaban J connectivity index is 1.30. The Morgan fingerprint density at radius 2 is 1.85 bits per heavy atom. The van der Waals surface area contributed by atoms with Gasteiger partial charge in [0.15, 0.2) is 11.5 Å². The highest BCUT2D eigenvalue weighted by Gasteiger charge is 2.22. The molecule has 2 aliphatic rings. The maximum Gasteiger partial charge on any atom is 0.411 e. The SMILES string of the molecule is COc1ccc(C2=NN(Cc3ccc(NC(=O)OCCCN4CCSCC4)cc3)C(=O)CC2)cc1OC(C)C. The van der Waals surface area contributed by atoms with Gasteiger partial charge < -0.3 is 19.1 Å². The van der Waals surface area contributed by atoms with Crippen LogP contribution in [0.15, 0.2) is 47.6 Å². The Morgan fingerprint density at radius 3 is 2.56 bits per heavy atom. The molecular formula is C29H38N4O5S. The van der Waals surface area contributed by atoms with E-state index in [0.717, 1.165) is 42.9 Å². The molecule has 0 radical (unpaired) electrons. The number of thioether (sulfide) groups is 1. The molecule has 9 nitrogen and oxygen atoms in total. The van der Waals surface area contributed by atoms with Crippen LogP contribution in [0.5, 0.6) is 11.5 Å². The number of amides is 2. The zero-order chi connectivity index (χ0) is 27.6. The van der Waals surface area contributed by atoms with Crippen molar-refractivity contribution in [3.05, 3.63) is 53.6 Å². The van der Waals surface area contributed by atoms with Crippen LogP contribution in [0.4, 0.5) is 10.5 Å². The number of hydrogen-bond acceptors (Lipinski definition) is 8. The summed E-state index contributed by atoms with van der Waals surface area (Å²) in [4.78, 5) is 27.2. The van der Waals surface area contributed by atoms with Gasteiger partial charge in [-0.15, -0.1) is 0 Å². The van der Waals surface area contributed by atoms with Gasteiger partial charge in [0.1, 0.15) is 0 Å². The minimum atomic E-state index is -0.460. The molecule has 2 aliphatic heterocycles. The molecule has 210 valence electrons. The maximum atomic E-state index is 12.6. The summed E-state index contributed by atoms with van der Waals surface area (Å²) in [5.41, 5.74) is 3.27. The third-order valence-electron chi connectivity index (χ3n) is 6.45. The fourth-order valence-corrected chi connectivity index (χ4v) is 5.41. The van der Waals surface area contributed by atoms with E-state index >= 15 is 0 Å². The number of methoxy groups -OCH3 is 1. The summed E-state index contributed by atoms with van der Waals surface area (Å²) in [5, 5.41) is 8.93. The Hall–Kier alpha value is -3.24. The van der Waals surface area contributed by atoms with Crippen molar-refractivity contribution in [1.82, 2.24) is 9.91 Å². The standard InChI is InChI=1S/C29H38N4O5S/c1-21(2)38-27-19-23(7-11-26(27)36-3)25-10-12-28(34)33(31-25)20-22-5-8-24(9-6-22)30-29(35)37-16-4-13-32-14-17-39-18-15-32/h5-9,11,19,21H,4,10,12-18,20H2,1-3H3,(H,30,35). The van der Waals surface area contributed by atoms with Gasteiger partial charge in [0.05, 0.1) is 32.1 Å². The molecule has 39 heavy (non-hydrogen) atoms. The number of carbonyl (C=O) groups excluding carboxylic acids is 2. The predicted molar refractivity (Wildman–Crippen MR) is 155 cm³/mol. The topological polar surface area (TPSA) is 92.7 Å². The number of nitrogens with zero attached hydrogens (tertiary/aromatic N) is 3. The van der Waals surface area contributed by atoms with Crippen LogP contribution >= 0.6 is 11.8 Å². The average Bonchev–Trinajstić information content (AvgIpc) is 2.93. The van der Waals surface area contributed by atoms with Gasteiger partial charge in [-0.25, -0.2) is 9.80 Å². The molecule has 0 saturated carbocycles. The summed E-state index contributed by atoms with van der Waals surface area (Å²) in [5.74, 6) is 3.63. The minimum absolute atomic E-state index is 0.00333. The van der Waals surface area contributed by atoms with E-state index in [1.54, 1.807) is 19.2 Å². The molecule has 0 spiro atoms. The zero-order valence-electron chi connectivity index (χ0n) is 23.0. The monoisotopic (exact) mass is 554 g/mol. The molecule has 10 heteroatoms. The summed E-state index contributed by atoms with van der Waals surface area (Å²) < 4.78 is 16.7. The lowest BCUT2D eigenvalue weighted by Crippen LogP contribution is -2.34. The lowest BCUT2D eigenvalue weighted by molar-refractivity contribution is -0.132. The third-order valence-corrected chi connectivity index (χ3v) is 7.40. The van der Waals surface area contributed by atoms with Gasteiger partial charge in [-0.2, -0.15) is 16.9 Å². The molecule has 2 aromatic carbocycles. The maximum absolute atomic E-state index is 12.6. The van der Waals surface area contributed by atoms with Crippen LogP contribution in [0.2, 0.25) is 0 Å². The quantitative estimate of drug-likeness (QED) is 0.391. The first-order valence-corrected chi connectivity index (χ1v) is 14.6. The van der Waals surface area contributed by atoms with Crippen LogP contribution in [0.1, 0.15) is 44.2 Å². The largest absolute Gasteiger partial charge is 0.493 e. The smallest absolute Gasteiger partial charge is 0.411 e. The first-order chi connectivity index (χ1) is 18.9. The molecule has 0 bridgehead atoms. The van der Waals surface area contributed by atoms with Crippen molar-refractivity contribution in [2.75, 3.05) is 50.2 Å². The molecule has 0 aromatic heterocycles. The summed E-state index contributed by atoms with van der Waals surface area (Å²) in [6, 6.07) is 13.1. The molecule has 1 N–H and O–H groups in total. The van der Waals surface area contributed by atoms with Crippen LogP contribution in [0.25, 0.3) is 0 Å². The molecule has 2 heterocycles. The highest BCUT2D eigenvalue weighted by atomic mass is 32.2. The molecular weight excluding hydrogens is 516 g/mol. The van der Waals surface area contributed by atoms with E-state index in [2.05, 4.69) is 15.3 Å². The third kappa shape index (κ3) is 8.63. The van der Waals surface area contributed by atoms with Crippen LogP contribution in [-0.2, 0) is 16.1 Å². The van der Waals surface area contributed by atoms with E-state index in [9.17, 15) is 9.59 Å². The number of carbonyl (C=O) groups is 2. The van der Waals surface area contributed by atoms with Crippen molar-refractivity contribution in [1.29, 1.82) is 0 Å². The first-order valence-electron chi connectivity index (χ1n) is 13.5. The summed E-state index contributed by atoms with van der Waals surface area (Å²) in [6.45, 7) is 7.82. The van der Waals surface area contributed by atoms with Crippen LogP contribution in [0.3, 0.4) is 0 Å². The number of hydrogen-bond donors (Lipinski definition) is 1. The Bertz CT molecular complexity index is 1150. The Kier molecular flexibility index (Phi) is 10.5. The normalized spacial score (nSPS) is 16.2. The van der Waals surface area contributed by atoms with Crippen molar-refractivity contribution in [2.24, 2.45) is 5.10 Å². The molecule has 2 amide bonds. The summed E-state index contributed by atoms with van der Waals surface area (Å²) in [6.07, 6.45) is 1.31. The summed E-state index contributed by atoms with van der Waals surface area (Å²) in [7, 11) is 1.61. The number of rotatable bonds is 11. The second kappa shape index (κ2) is 14.2. The van der Waals surface area contributed by atoms with E-state index in [0.29, 0.717) is 43.2 Å². The van der Waals surface area contributed by atoms with Gasteiger partial charge in [0, 0.05) is 55.2 Å². The number of ether oxygens (including phenoxy) is 3. The molecule has 0 atom stereocenters. The minimum Gasteiger partial charge on any atom is -0.493 e. The Morgan fingerprint density at radius 1 is 1.08 bits per heavy atom. The van der Waals surface area contributed by atoms with Crippen LogP contribution in [-0.4, -0.2) is 78.6 Å². The lowest BCUT2D eigenvalue weighted by atomic mass is 10.0. The van der Waals surface area contributed by atoms with Gasteiger partial charge in [-0.3, -0.25) is 10.1 Å². The van der Waals surface area contributed by atoms with Crippen molar-refractivity contribution in [3.63, 3.8) is 0 Å². The molecule has 4 rings (SSSR count). The highest BCUT2D eigenvalue weighted by Crippen LogP contribution is 2.30. The van der Waals surface area contributed by atoms with Crippen molar-refractivity contribution >= 4 is 35.2 Å². The lowest BCUT2D eigenvalue weighted by Gasteiger charge is -2.25. The first kappa shape index (κ1) is 28.8. The van der Waals surface area contributed by atoms with E-state index in [-0.39, 0.29) is 12.0 Å². The highest BCUT2D eigenvalue weighted by molar-refractivity contribution is 7.99. The zero-order valence-corrected chi connectivity index (χ0v) is 23.8. The Labute approximate surface area is 234 Å². The number of benzene rings is 2. The van der Waals surface area contributed by atoms with E-state index in [4.69, 9.17) is 14.2 Å². The molecule has 2 aromatic rings. The number of hydrazone groups is 1. The second-order valence-electron chi connectivity index (χ2n) is 9.80. The summed E-state index contributed by atoms with van der Waals surface area (Å²) >= 11 is 1.99. The average molecular weight is 555 g/mol. The van der Waals surface area contributed by atoms with Gasteiger partial charge >= 0.3 is 6.09 Å². The number of anilines is 1. The fraction of sp³-hybridized carbons (Fsp3) is 0.483. The van der Waals surface area contributed by atoms with E-state index in [1.165, 1.54) is 16.5 Å². The van der Waals surface area contributed by atoms with E-state index < -0.39 is 6.09 Å². The molecule has 1 saturated heterocycles. The van der Waals surface area contributed by atoms with Gasteiger partial charge in [-0.1, -0.05) is 12.1 Å². The van der Waals surface area contributed by atoms with Crippen LogP contribution in [0, 0.1) is 0 Å². The van der Waals surface area contributed by atoms with E-state index in [1.807, 2.05) is 55.9 Å². The van der Waals surface area contributed by atoms with Crippen molar-refractivity contribution in [2.45, 2.75) is 45.8 Å². The second-order valence-corrected chi connectivity index (χ2v) is 11.0. The molecule has 0 unspecified atom stereocenters. The number of nitrogens with one attached hydrogen (secondary N) is 1. The van der Waals surface area contributed by atoms with Crippen LogP contribution < -0.4 is 14.8 Å². The van der Waals surface area contributed by atoms with Gasteiger partial charge in [0.25, 0.3) is 0 Å². The molecule has 0 aliphatic carbocycles. The molecule has 1 fully saturated rings. The van der Waals surface area contributed by atoms with Crippen molar-refractivity contribution in [3.8, 4) is 11.5 Å². The fourth-order valence-electron chi connectivity index (χ4n) is 4.43.